The van der Waals surface area contributed by atoms with Crippen molar-refractivity contribution in [1.29, 1.82) is 0 Å². The molecule has 0 spiro atoms. The summed E-state index contributed by atoms with van der Waals surface area (Å²) in [6, 6.07) is 11.5. The van der Waals surface area contributed by atoms with Gasteiger partial charge in [0, 0.05) is 21.9 Å². The number of hydrogen-bond acceptors (Lipinski definition) is 5. The van der Waals surface area contributed by atoms with Gasteiger partial charge in [-0.2, -0.15) is 0 Å². The molecule has 0 aliphatic carbocycles. The summed E-state index contributed by atoms with van der Waals surface area (Å²) in [6.45, 7) is 0. The van der Waals surface area contributed by atoms with Gasteiger partial charge in [0.05, 0.1) is 4.92 Å². The Balaban J connectivity index is 2.26. The van der Waals surface area contributed by atoms with Gasteiger partial charge in [-0.05, 0) is 52.9 Å². The Kier molecular flexibility index (Phi) is 5.07. The third kappa shape index (κ3) is 3.76. The van der Waals surface area contributed by atoms with Crippen molar-refractivity contribution in [2.45, 2.75) is 9.79 Å². The lowest BCUT2D eigenvalue weighted by Crippen LogP contribution is -1.96. The fraction of sp³-hybridized carbons (Fsp3) is 0.0769. The van der Waals surface area contributed by atoms with Gasteiger partial charge in [0.25, 0.3) is 0 Å². The fourth-order valence-corrected chi connectivity index (χ4v) is 2.72. The number of rotatable bonds is 5. The first-order chi connectivity index (χ1) is 9.60. The maximum atomic E-state index is 10.9. The van der Waals surface area contributed by atoms with E-state index in [0.717, 1.165) is 9.79 Å². The molecule has 2 aromatic carbocycles. The van der Waals surface area contributed by atoms with Crippen molar-refractivity contribution in [3.8, 4) is 11.5 Å². The Bertz CT molecular complexity index is 618. The van der Waals surface area contributed by atoms with Crippen LogP contribution in [0.15, 0.2) is 52.3 Å². The molecule has 104 valence electrons. The number of phenols is 1. The highest BCUT2D eigenvalue weighted by molar-refractivity contribution is 14.1. The molecular formula is C13H10INO4S. The van der Waals surface area contributed by atoms with E-state index in [1.807, 2.05) is 22.6 Å². The predicted molar refractivity (Wildman–Crippen MR) is 84.8 cm³/mol. The van der Waals surface area contributed by atoms with Gasteiger partial charge in [-0.1, -0.05) is 11.8 Å². The Morgan fingerprint density at radius 3 is 2.45 bits per heavy atom. The molecule has 0 aliphatic heterocycles. The van der Waals surface area contributed by atoms with E-state index in [1.54, 1.807) is 36.4 Å². The van der Waals surface area contributed by atoms with Crippen molar-refractivity contribution in [2.24, 2.45) is 0 Å². The standard InChI is InChI=1S/C13H10INO4S/c14-8-19-13-7-11(5-6-12(13)15(17)18)20-10-3-1-9(16)2-4-10/h1-7,16H,8H2. The lowest BCUT2D eigenvalue weighted by atomic mass is 10.3. The van der Waals surface area contributed by atoms with Crippen molar-refractivity contribution < 1.29 is 14.8 Å². The van der Waals surface area contributed by atoms with E-state index in [-0.39, 0.29) is 17.2 Å². The zero-order valence-electron chi connectivity index (χ0n) is 10.2. The molecule has 2 rings (SSSR count). The van der Waals surface area contributed by atoms with E-state index in [1.165, 1.54) is 17.8 Å². The van der Waals surface area contributed by atoms with Crippen LogP contribution in [-0.4, -0.2) is 14.6 Å². The van der Waals surface area contributed by atoms with Crippen molar-refractivity contribution >= 4 is 40.0 Å². The molecule has 2 aromatic rings. The number of phenolic OH excluding ortho intramolecular Hbond substituents is 1. The molecule has 20 heavy (non-hydrogen) atoms. The first-order valence-corrected chi connectivity index (χ1v) is 7.88. The number of hydrogen-bond donors (Lipinski definition) is 1. The smallest absolute Gasteiger partial charge is 0.311 e. The molecule has 0 saturated heterocycles. The van der Waals surface area contributed by atoms with Crippen LogP contribution in [0.4, 0.5) is 5.69 Å². The van der Waals surface area contributed by atoms with Gasteiger partial charge in [0.2, 0.25) is 0 Å². The second-order valence-corrected chi connectivity index (χ2v) is 5.51. The van der Waals surface area contributed by atoms with E-state index >= 15 is 0 Å². The van der Waals surface area contributed by atoms with Crippen LogP contribution < -0.4 is 4.74 Å². The van der Waals surface area contributed by atoms with Crippen LogP contribution in [0.25, 0.3) is 0 Å². The number of aromatic hydroxyl groups is 1. The second-order valence-electron chi connectivity index (χ2n) is 3.74. The summed E-state index contributed by atoms with van der Waals surface area (Å²) in [5.74, 6) is 0.458. The van der Waals surface area contributed by atoms with Crippen LogP contribution in [0.3, 0.4) is 0 Å². The van der Waals surface area contributed by atoms with Crippen LogP contribution in [0.2, 0.25) is 0 Å². The van der Waals surface area contributed by atoms with Crippen molar-refractivity contribution in [2.75, 3.05) is 4.61 Å². The predicted octanol–water partition coefficient (Wildman–Crippen LogP) is 4.22. The topological polar surface area (TPSA) is 72.6 Å². The minimum absolute atomic E-state index is 0.0447. The first-order valence-electron chi connectivity index (χ1n) is 5.54. The van der Waals surface area contributed by atoms with Gasteiger partial charge >= 0.3 is 5.69 Å². The third-order valence-corrected chi connectivity index (χ3v) is 3.72. The molecule has 0 saturated carbocycles. The van der Waals surface area contributed by atoms with Crippen LogP contribution in [0.5, 0.6) is 11.5 Å². The summed E-state index contributed by atoms with van der Waals surface area (Å²) in [7, 11) is 0. The van der Waals surface area contributed by atoms with E-state index in [9.17, 15) is 15.2 Å². The molecule has 0 heterocycles. The van der Waals surface area contributed by atoms with Crippen molar-refractivity contribution in [3.05, 3.63) is 52.6 Å². The Labute approximate surface area is 133 Å². The first kappa shape index (κ1) is 14.9. The number of benzene rings is 2. The van der Waals surface area contributed by atoms with Crippen LogP contribution >= 0.6 is 34.4 Å². The fourth-order valence-electron chi connectivity index (χ4n) is 1.53. The quantitative estimate of drug-likeness (QED) is 0.350. The minimum Gasteiger partial charge on any atom is -0.508 e. The van der Waals surface area contributed by atoms with Crippen LogP contribution in [0, 0.1) is 10.1 Å². The number of halogens is 1. The molecule has 0 atom stereocenters. The summed E-state index contributed by atoms with van der Waals surface area (Å²) >= 11 is 3.43. The normalized spacial score (nSPS) is 10.2. The second kappa shape index (κ2) is 6.80. The molecule has 0 aliphatic rings. The summed E-state index contributed by atoms with van der Waals surface area (Å²) in [5.41, 5.74) is -0.0447. The van der Waals surface area contributed by atoms with Gasteiger partial charge in [-0.3, -0.25) is 10.1 Å². The average molecular weight is 403 g/mol. The molecule has 7 heteroatoms. The van der Waals surface area contributed by atoms with E-state index in [2.05, 4.69) is 0 Å². The number of nitro groups is 1. The number of ether oxygens (including phenoxy) is 1. The molecule has 0 amide bonds. The highest BCUT2D eigenvalue weighted by Crippen LogP contribution is 2.35. The molecule has 5 nitrogen and oxygen atoms in total. The van der Waals surface area contributed by atoms with Crippen molar-refractivity contribution in [1.82, 2.24) is 0 Å². The zero-order valence-corrected chi connectivity index (χ0v) is 13.1. The molecular weight excluding hydrogens is 393 g/mol. The molecule has 0 bridgehead atoms. The van der Waals surface area contributed by atoms with Gasteiger partial charge in [0.15, 0.2) is 5.75 Å². The SMILES string of the molecule is O=[N+]([O-])c1ccc(Sc2ccc(O)cc2)cc1OCI. The van der Waals surface area contributed by atoms with E-state index in [4.69, 9.17) is 4.74 Å². The monoisotopic (exact) mass is 403 g/mol. The average Bonchev–Trinajstić information content (AvgIpc) is 2.42. The minimum atomic E-state index is -0.462. The largest absolute Gasteiger partial charge is 0.508 e. The Morgan fingerprint density at radius 1 is 1.20 bits per heavy atom. The highest BCUT2D eigenvalue weighted by atomic mass is 127. The Morgan fingerprint density at radius 2 is 1.85 bits per heavy atom. The maximum Gasteiger partial charge on any atom is 0.311 e. The molecule has 0 unspecified atom stereocenters. The van der Waals surface area contributed by atoms with Gasteiger partial charge in [-0.15, -0.1) is 0 Å². The van der Waals surface area contributed by atoms with E-state index < -0.39 is 4.92 Å². The Hall–Kier alpha value is -1.48. The van der Waals surface area contributed by atoms with Gasteiger partial charge in [-0.25, -0.2) is 0 Å². The van der Waals surface area contributed by atoms with Crippen LogP contribution in [0.1, 0.15) is 0 Å². The zero-order chi connectivity index (χ0) is 14.5. The highest BCUT2D eigenvalue weighted by Gasteiger charge is 2.15. The molecule has 0 aromatic heterocycles. The number of alkyl halides is 1. The van der Waals surface area contributed by atoms with E-state index in [0.29, 0.717) is 4.61 Å². The third-order valence-electron chi connectivity index (χ3n) is 2.41. The molecule has 0 radical (unpaired) electrons. The lowest BCUT2D eigenvalue weighted by molar-refractivity contribution is -0.385. The summed E-state index contributed by atoms with van der Waals surface area (Å²) < 4.78 is 5.63. The van der Waals surface area contributed by atoms with Gasteiger partial charge in [0.1, 0.15) is 10.4 Å². The number of nitrogens with zero attached hydrogens (tertiary/aromatic N) is 1. The number of nitro benzene ring substituents is 1. The molecule has 1 N–H and O–H groups in total. The maximum absolute atomic E-state index is 10.9. The summed E-state index contributed by atoms with van der Waals surface area (Å²) in [5, 5.41) is 20.1. The lowest BCUT2D eigenvalue weighted by Gasteiger charge is -2.06. The van der Waals surface area contributed by atoms with Crippen molar-refractivity contribution in [3.63, 3.8) is 0 Å². The molecule has 0 fully saturated rings. The summed E-state index contributed by atoms with van der Waals surface area (Å²) in [4.78, 5) is 12.2. The van der Waals surface area contributed by atoms with Crippen LogP contribution in [-0.2, 0) is 0 Å². The summed E-state index contributed by atoms with van der Waals surface area (Å²) in [6.07, 6.45) is 0. The van der Waals surface area contributed by atoms with Gasteiger partial charge < -0.3 is 9.84 Å².